The molecule has 0 spiro atoms. The van der Waals surface area contributed by atoms with Crippen LogP contribution in [0.15, 0.2) is 53.4 Å². The average molecular weight is 417 g/mol. The minimum atomic E-state index is -3.79. The van der Waals surface area contributed by atoms with Crippen molar-refractivity contribution in [3.63, 3.8) is 0 Å². The van der Waals surface area contributed by atoms with E-state index in [1.54, 1.807) is 12.1 Å². The highest BCUT2D eigenvalue weighted by Gasteiger charge is 2.30. The van der Waals surface area contributed by atoms with Crippen LogP contribution in [0.2, 0.25) is 0 Å². The number of nitrogens with zero attached hydrogens (tertiary/aromatic N) is 1. The molecule has 9 heteroatoms. The molecule has 29 heavy (non-hydrogen) atoms. The lowest BCUT2D eigenvalue weighted by atomic mass is 10.2. The fourth-order valence-electron chi connectivity index (χ4n) is 3.10. The van der Waals surface area contributed by atoms with Gasteiger partial charge in [0.25, 0.3) is 15.9 Å². The quantitative estimate of drug-likeness (QED) is 0.622. The van der Waals surface area contributed by atoms with Gasteiger partial charge in [-0.25, -0.2) is 8.42 Å². The number of carbonyl (C=O) groups is 2. The first kappa shape index (κ1) is 20.8. The van der Waals surface area contributed by atoms with Crippen LogP contribution in [0.25, 0.3) is 0 Å². The van der Waals surface area contributed by atoms with E-state index in [0.717, 1.165) is 5.56 Å². The summed E-state index contributed by atoms with van der Waals surface area (Å²) in [4.78, 5) is 24.1. The van der Waals surface area contributed by atoms with Gasteiger partial charge in [-0.3, -0.25) is 13.9 Å². The second-order valence-corrected chi connectivity index (χ2v) is 8.37. The molecule has 1 heterocycles. The lowest BCUT2D eigenvalue weighted by Gasteiger charge is -2.20. The summed E-state index contributed by atoms with van der Waals surface area (Å²) in [5.41, 5.74) is 1.81. The third kappa shape index (κ3) is 4.75. The minimum absolute atomic E-state index is 0.0337. The van der Waals surface area contributed by atoms with Gasteiger partial charge in [-0.2, -0.15) is 0 Å². The van der Waals surface area contributed by atoms with Gasteiger partial charge < -0.3 is 15.4 Å². The Bertz CT molecular complexity index is 1010. The van der Waals surface area contributed by atoms with Gasteiger partial charge in [0.1, 0.15) is 0 Å². The molecule has 0 aromatic heterocycles. The fraction of sp³-hybridized carbons (Fsp3) is 0.300. The van der Waals surface area contributed by atoms with Crippen molar-refractivity contribution in [2.24, 2.45) is 0 Å². The zero-order valence-electron chi connectivity index (χ0n) is 16.1. The third-order valence-electron chi connectivity index (χ3n) is 4.57. The number of anilines is 1. The number of ether oxygens (including phenoxy) is 1. The van der Waals surface area contributed by atoms with Crippen LogP contribution in [0.3, 0.4) is 0 Å². The highest BCUT2D eigenvalue weighted by atomic mass is 32.2. The number of rotatable bonds is 8. The predicted octanol–water partition coefficient (Wildman–Crippen LogP) is 0.930. The number of fused-ring (bicyclic) bond motifs is 1. The highest BCUT2D eigenvalue weighted by Crippen LogP contribution is 2.32. The number of sulfonamides is 1. The molecule has 1 aliphatic rings. The summed E-state index contributed by atoms with van der Waals surface area (Å²) in [5.74, 6) is -0.876. The van der Waals surface area contributed by atoms with Gasteiger partial charge in [0.2, 0.25) is 5.91 Å². The van der Waals surface area contributed by atoms with E-state index in [0.29, 0.717) is 31.8 Å². The van der Waals surface area contributed by atoms with E-state index >= 15 is 0 Å². The third-order valence-corrected chi connectivity index (χ3v) is 6.38. The standard InChI is InChI=1S/C20H23N3O5S/c1-28-12-10-21-19(24)14-22-20(25)16-6-4-7-17(13-16)29(26,27)23-11-9-15-5-2-3-8-18(15)23/h2-8,13H,9-12,14H2,1H3,(H,21,24)(H,22,25). The van der Waals surface area contributed by atoms with E-state index < -0.39 is 15.9 Å². The van der Waals surface area contributed by atoms with Crippen molar-refractivity contribution in [3.05, 3.63) is 59.7 Å². The van der Waals surface area contributed by atoms with Crippen LogP contribution >= 0.6 is 0 Å². The zero-order valence-corrected chi connectivity index (χ0v) is 16.9. The van der Waals surface area contributed by atoms with Crippen LogP contribution in [0.5, 0.6) is 0 Å². The summed E-state index contributed by atoms with van der Waals surface area (Å²) in [6, 6.07) is 13.2. The first-order chi connectivity index (χ1) is 13.9. The summed E-state index contributed by atoms with van der Waals surface area (Å²) in [5, 5.41) is 5.08. The molecule has 0 bridgehead atoms. The van der Waals surface area contributed by atoms with Gasteiger partial charge in [-0.15, -0.1) is 0 Å². The van der Waals surface area contributed by atoms with Gasteiger partial charge in [0, 0.05) is 25.8 Å². The van der Waals surface area contributed by atoms with E-state index in [4.69, 9.17) is 4.74 Å². The summed E-state index contributed by atoms with van der Waals surface area (Å²) < 4.78 is 32.4. The van der Waals surface area contributed by atoms with Crippen LogP contribution in [0, 0.1) is 0 Å². The summed E-state index contributed by atoms with van der Waals surface area (Å²) in [7, 11) is -2.27. The lowest BCUT2D eigenvalue weighted by Crippen LogP contribution is -2.38. The van der Waals surface area contributed by atoms with Gasteiger partial charge in [-0.05, 0) is 36.2 Å². The molecule has 8 nitrogen and oxygen atoms in total. The number of benzene rings is 2. The van der Waals surface area contributed by atoms with Crippen molar-refractivity contribution in [1.82, 2.24) is 10.6 Å². The maximum atomic E-state index is 13.1. The number of nitrogens with one attached hydrogen (secondary N) is 2. The number of carbonyl (C=O) groups excluding carboxylic acids is 2. The van der Waals surface area contributed by atoms with E-state index in [-0.39, 0.29) is 22.9 Å². The SMILES string of the molecule is COCCNC(=O)CNC(=O)c1cccc(S(=O)(=O)N2CCc3ccccc32)c1. The second kappa shape index (κ2) is 9.06. The predicted molar refractivity (Wildman–Crippen MR) is 108 cm³/mol. The molecule has 0 fully saturated rings. The minimum Gasteiger partial charge on any atom is -0.383 e. The van der Waals surface area contributed by atoms with Crippen molar-refractivity contribution < 1.29 is 22.7 Å². The Kier molecular flexibility index (Phi) is 6.50. The smallest absolute Gasteiger partial charge is 0.264 e. The normalized spacial score (nSPS) is 13.1. The molecule has 0 atom stereocenters. The molecule has 3 rings (SSSR count). The van der Waals surface area contributed by atoms with E-state index in [1.807, 2.05) is 12.1 Å². The van der Waals surface area contributed by atoms with E-state index in [9.17, 15) is 18.0 Å². The van der Waals surface area contributed by atoms with Crippen molar-refractivity contribution >= 4 is 27.5 Å². The molecule has 2 amide bonds. The summed E-state index contributed by atoms with van der Waals surface area (Å²) in [6.45, 7) is 0.869. The Morgan fingerprint density at radius 2 is 1.90 bits per heavy atom. The van der Waals surface area contributed by atoms with Crippen molar-refractivity contribution in [2.75, 3.05) is 37.7 Å². The molecule has 2 N–H and O–H groups in total. The second-order valence-electron chi connectivity index (χ2n) is 6.51. The number of para-hydroxylation sites is 1. The average Bonchev–Trinajstić information content (AvgIpc) is 3.17. The molecule has 0 radical (unpaired) electrons. The Hall–Kier alpha value is -2.91. The highest BCUT2D eigenvalue weighted by molar-refractivity contribution is 7.92. The van der Waals surface area contributed by atoms with Gasteiger partial charge in [0.05, 0.1) is 23.7 Å². The topological polar surface area (TPSA) is 105 Å². The molecule has 2 aromatic rings. The van der Waals surface area contributed by atoms with Crippen LogP contribution in [-0.4, -0.2) is 53.6 Å². The van der Waals surface area contributed by atoms with Crippen LogP contribution in [0.1, 0.15) is 15.9 Å². The number of hydrogen-bond donors (Lipinski definition) is 2. The molecule has 154 valence electrons. The van der Waals surface area contributed by atoms with Crippen molar-refractivity contribution in [2.45, 2.75) is 11.3 Å². The van der Waals surface area contributed by atoms with Crippen molar-refractivity contribution in [1.29, 1.82) is 0 Å². The van der Waals surface area contributed by atoms with E-state index in [2.05, 4.69) is 10.6 Å². The van der Waals surface area contributed by atoms with Crippen LogP contribution in [0.4, 0.5) is 5.69 Å². The fourth-order valence-corrected chi connectivity index (χ4v) is 4.65. The monoisotopic (exact) mass is 417 g/mol. The molecule has 1 aliphatic heterocycles. The first-order valence-electron chi connectivity index (χ1n) is 9.18. The Labute approximate surface area is 169 Å². The maximum absolute atomic E-state index is 13.1. The van der Waals surface area contributed by atoms with E-state index in [1.165, 1.54) is 35.7 Å². The lowest BCUT2D eigenvalue weighted by molar-refractivity contribution is -0.120. The summed E-state index contributed by atoms with van der Waals surface area (Å²) >= 11 is 0. The molecule has 0 aliphatic carbocycles. The molecule has 2 aromatic carbocycles. The first-order valence-corrected chi connectivity index (χ1v) is 10.6. The number of methoxy groups -OCH3 is 1. The number of amides is 2. The number of hydrogen-bond acceptors (Lipinski definition) is 5. The molecule has 0 saturated carbocycles. The molecule has 0 saturated heterocycles. The van der Waals surface area contributed by atoms with Crippen LogP contribution in [-0.2, 0) is 26.0 Å². The van der Waals surface area contributed by atoms with Gasteiger partial charge in [-0.1, -0.05) is 24.3 Å². The maximum Gasteiger partial charge on any atom is 0.264 e. The Balaban J connectivity index is 1.71. The molecular weight excluding hydrogens is 394 g/mol. The Morgan fingerprint density at radius 1 is 1.10 bits per heavy atom. The molecular formula is C20H23N3O5S. The van der Waals surface area contributed by atoms with Crippen molar-refractivity contribution in [3.8, 4) is 0 Å². The zero-order chi connectivity index (χ0) is 20.9. The van der Waals surface area contributed by atoms with Crippen LogP contribution < -0.4 is 14.9 Å². The molecule has 0 unspecified atom stereocenters. The Morgan fingerprint density at radius 3 is 2.69 bits per heavy atom. The van der Waals surface area contributed by atoms with Gasteiger partial charge in [0.15, 0.2) is 0 Å². The summed E-state index contributed by atoms with van der Waals surface area (Å²) in [6.07, 6.45) is 0.647. The van der Waals surface area contributed by atoms with Gasteiger partial charge >= 0.3 is 0 Å². The largest absolute Gasteiger partial charge is 0.383 e.